The number of benzene rings is 1. The Morgan fingerprint density at radius 3 is 2.32 bits per heavy atom. The average Bonchev–Trinajstić information content (AvgIpc) is 2.40. The van der Waals surface area contributed by atoms with Crippen LogP contribution in [-0.4, -0.2) is 33.4 Å². The molecule has 1 aromatic carbocycles. The SMILES string of the molecule is CC(C)(C)[C@@H](COS(C)(=O)=O)NC(=O)OCc1ccccc1. The van der Waals surface area contributed by atoms with Gasteiger partial charge in [-0.2, -0.15) is 8.42 Å². The summed E-state index contributed by atoms with van der Waals surface area (Å²) in [6.45, 7) is 5.64. The largest absolute Gasteiger partial charge is 0.445 e. The fourth-order valence-corrected chi connectivity index (χ4v) is 1.99. The highest BCUT2D eigenvalue weighted by molar-refractivity contribution is 7.85. The molecule has 1 atom stereocenters. The van der Waals surface area contributed by atoms with E-state index in [-0.39, 0.29) is 18.6 Å². The van der Waals surface area contributed by atoms with Gasteiger partial charge in [0.15, 0.2) is 0 Å². The van der Waals surface area contributed by atoms with Gasteiger partial charge in [0, 0.05) is 0 Å². The maximum Gasteiger partial charge on any atom is 0.407 e. The lowest BCUT2D eigenvalue weighted by Gasteiger charge is -2.30. The van der Waals surface area contributed by atoms with Gasteiger partial charge in [-0.05, 0) is 11.0 Å². The van der Waals surface area contributed by atoms with Gasteiger partial charge in [0.05, 0.1) is 18.9 Å². The van der Waals surface area contributed by atoms with Crippen LogP contribution in [0.4, 0.5) is 4.79 Å². The summed E-state index contributed by atoms with van der Waals surface area (Å²) >= 11 is 0. The minimum atomic E-state index is -3.56. The van der Waals surface area contributed by atoms with Gasteiger partial charge in [0.1, 0.15) is 6.61 Å². The van der Waals surface area contributed by atoms with E-state index in [2.05, 4.69) is 5.32 Å². The first-order valence-electron chi connectivity index (χ1n) is 6.89. The number of hydrogen-bond acceptors (Lipinski definition) is 5. The summed E-state index contributed by atoms with van der Waals surface area (Å²) < 4.78 is 32.1. The van der Waals surface area contributed by atoms with Crippen molar-refractivity contribution in [3.05, 3.63) is 35.9 Å². The van der Waals surface area contributed by atoms with Crippen molar-refractivity contribution in [3.8, 4) is 0 Å². The molecule has 1 rings (SSSR count). The van der Waals surface area contributed by atoms with E-state index >= 15 is 0 Å². The predicted molar refractivity (Wildman–Crippen MR) is 83.8 cm³/mol. The van der Waals surface area contributed by atoms with Gasteiger partial charge in [-0.3, -0.25) is 4.18 Å². The quantitative estimate of drug-likeness (QED) is 0.810. The van der Waals surface area contributed by atoms with Crippen LogP contribution < -0.4 is 5.32 Å². The minimum absolute atomic E-state index is 0.136. The number of carbonyl (C=O) groups is 1. The van der Waals surface area contributed by atoms with Crippen LogP contribution in [0.5, 0.6) is 0 Å². The Balaban J connectivity index is 2.56. The molecule has 1 N–H and O–H groups in total. The smallest absolute Gasteiger partial charge is 0.407 e. The van der Waals surface area contributed by atoms with Gasteiger partial charge >= 0.3 is 6.09 Å². The lowest BCUT2D eigenvalue weighted by atomic mass is 9.87. The second kappa shape index (κ2) is 7.60. The van der Waals surface area contributed by atoms with Crippen LogP contribution in [0.3, 0.4) is 0 Å². The molecule has 0 saturated heterocycles. The molecule has 0 aromatic heterocycles. The Morgan fingerprint density at radius 1 is 1.23 bits per heavy atom. The van der Waals surface area contributed by atoms with Gasteiger partial charge in [0.2, 0.25) is 0 Å². The summed E-state index contributed by atoms with van der Waals surface area (Å²) in [6.07, 6.45) is 0.362. The van der Waals surface area contributed by atoms with E-state index in [1.807, 2.05) is 51.1 Å². The molecule has 6 nitrogen and oxygen atoms in total. The van der Waals surface area contributed by atoms with Crippen LogP contribution in [-0.2, 0) is 25.6 Å². The number of carbonyl (C=O) groups excluding carboxylic acids is 1. The topological polar surface area (TPSA) is 81.7 Å². The van der Waals surface area contributed by atoms with Gasteiger partial charge in [0.25, 0.3) is 10.1 Å². The van der Waals surface area contributed by atoms with Crippen LogP contribution in [0.25, 0.3) is 0 Å². The van der Waals surface area contributed by atoms with E-state index in [1.165, 1.54) is 0 Å². The Hall–Kier alpha value is -1.60. The van der Waals surface area contributed by atoms with Gasteiger partial charge in [-0.15, -0.1) is 0 Å². The van der Waals surface area contributed by atoms with Crippen LogP contribution in [0.15, 0.2) is 30.3 Å². The predicted octanol–water partition coefficient (Wildman–Crippen LogP) is 2.30. The van der Waals surface area contributed by atoms with E-state index in [4.69, 9.17) is 8.92 Å². The maximum atomic E-state index is 11.9. The number of alkyl carbamates (subject to hydrolysis) is 1. The van der Waals surface area contributed by atoms with Crippen LogP contribution in [0.2, 0.25) is 0 Å². The second-order valence-corrected chi connectivity index (χ2v) is 7.76. The minimum Gasteiger partial charge on any atom is -0.445 e. The van der Waals surface area contributed by atoms with E-state index in [0.29, 0.717) is 0 Å². The molecule has 1 aromatic rings. The van der Waals surface area contributed by atoms with E-state index < -0.39 is 22.3 Å². The van der Waals surface area contributed by atoms with Crippen molar-refractivity contribution in [1.29, 1.82) is 0 Å². The van der Waals surface area contributed by atoms with Crippen LogP contribution in [0, 0.1) is 5.41 Å². The molecule has 0 saturated carbocycles. The standard InChI is InChI=1S/C15H23NO5S/c1-15(2,3)13(11-21-22(4,18)19)16-14(17)20-10-12-8-6-5-7-9-12/h5-9,13H,10-11H2,1-4H3,(H,16,17)/t13-/m1/s1. The molecule has 0 radical (unpaired) electrons. The number of ether oxygens (including phenoxy) is 1. The first-order chi connectivity index (χ1) is 10.1. The van der Waals surface area contributed by atoms with E-state index in [1.54, 1.807) is 0 Å². The highest BCUT2D eigenvalue weighted by atomic mass is 32.2. The molecule has 0 spiro atoms. The first kappa shape index (κ1) is 18.4. The zero-order chi connectivity index (χ0) is 16.8. The number of nitrogens with one attached hydrogen (secondary N) is 1. The third-order valence-corrected chi connectivity index (χ3v) is 3.56. The lowest BCUT2D eigenvalue weighted by molar-refractivity contribution is 0.114. The molecular weight excluding hydrogens is 306 g/mol. The molecule has 0 heterocycles. The molecule has 22 heavy (non-hydrogen) atoms. The molecule has 0 fully saturated rings. The van der Waals surface area contributed by atoms with Crippen molar-refractivity contribution in [2.75, 3.05) is 12.9 Å². The highest BCUT2D eigenvalue weighted by Gasteiger charge is 2.28. The average molecular weight is 329 g/mol. The van der Waals surface area contributed by atoms with Crippen molar-refractivity contribution in [1.82, 2.24) is 5.32 Å². The normalized spacial score (nSPS) is 13.5. The van der Waals surface area contributed by atoms with E-state index in [0.717, 1.165) is 11.8 Å². The fourth-order valence-electron chi connectivity index (χ4n) is 1.61. The Labute approximate surface area is 131 Å². The molecule has 0 aliphatic carbocycles. The molecule has 124 valence electrons. The molecule has 0 bridgehead atoms. The second-order valence-electron chi connectivity index (χ2n) is 6.11. The summed E-state index contributed by atoms with van der Waals surface area (Å²) in [5.74, 6) is 0. The van der Waals surface area contributed by atoms with Crippen molar-refractivity contribution in [2.24, 2.45) is 5.41 Å². The highest BCUT2D eigenvalue weighted by Crippen LogP contribution is 2.20. The third-order valence-electron chi connectivity index (χ3n) is 3.00. The first-order valence-corrected chi connectivity index (χ1v) is 8.71. The summed E-state index contributed by atoms with van der Waals surface area (Å²) in [7, 11) is -3.56. The van der Waals surface area contributed by atoms with Crippen LogP contribution in [0.1, 0.15) is 26.3 Å². The fraction of sp³-hybridized carbons (Fsp3) is 0.533. The summed E-state index contributed by atoms with van der Waals surface area (Å²) in [6, 6.07) is 8.79. The Kier molecular flexibility index (Phi) is 6.37. The molecular formula is C15H23NO5S. The van der Waals surface area contributed by atoms with Crippen molar-refractivity contribution in [3.63, 3.8) is 0 Å². The zero-order valence-corrected chi connectivity index (χ0v) is 14.1. The third kappa shape index (κ3) is 7.42. The zero-order valence-electron chi connectivity index (χ0n) is 13.3. The lowest BCUT2D eigenvalue weighted by Crippen LogP contribution is -2.47. The Bertz CT molecular complexity index is 578. The molecule has 7 heteroatoms. The number of rotatable bonds is 6. The Morgan fingerprint density at radius 2 is 1.82 bits per heavy atom. The van der Waals surface area contributed by atoms with Gasteiger partial charge in [-0.25, -0.2) is 4.79 Å². The van der Waals surface area contributed by atoms with Crippen molar-refractivity contribution < 1.29 is 22.1 Å². The maximum absolute atomic E-state index is 11.9. The molecule has 0 aliphatic rings. The van der Waals surface area contributed by atoms with Crippen molar-refractivity contribution in [2.45, 2.75) is 33.4 Å². The number of hydrogen-bond donors (Lipinski definition) is 1. The summed E-state index contributed by atoms with van der Waals surface area (Å²) in [5, 5.41) is 2.65. The van der Waals surface area contributed by atoms with Gasteiger partial charge in [-0.1, -0.05) is 51.1 Å². The van der Waals surface area contributed by atoms with Crippen LogP contribution >= 0.6 is 0 Å². The molecule has 1 amide bonds. The van der Waals surface area contributed by atoms with Gasteiger partial charge < -0.3 is 10.1 Å². The summed E-state index contributed by atoms with van der Waals surface area (Å²) in [5.41, 5.74) is 0.494. The number of amides is 1. The van der Waals surface area contributed by atoms with Crippen molar-refractivity contribution >= 4 is 16.2 Å². The van der Waals surface area contributed by atoms with E-state index in [9.17, 15) is 13.2 Å². The molecule has 0 aliphatic heterocycles. The monoisotopic (exact) mass is 329 g/mol. The summed E-state index contributed by atoms with van der Waals surface area (Å²) in [4.78, 5) is 11.9. The molecule has 0 unspecified atom stereocenters.